The van der Waals surface area contributed by atoms with Crippen LogP contribution in [0.15, 0.2) is 27.6 Å². The topological polar surface area (TPSA) is 68.4 Å². The minimum absolute atomic E-state index is 0.0190. The summed E-state index contributed by atoms with van der Waals surface area (Å²) < 4.78 is 10.6. The second-order valence-electron chi connectivity index (χ2n) is 3.78. The third-order valence-electron chi connectivity index (χ3n) is 2.64. The fraction of sp³-hybridized carbons (Fsp3) is 0.231. The van der Waals surface area contributed by atoms with Gasteiger partial charge in [0.05, 0.1) is 24.6 Å². The van der Waals surface area contributed by atoms with Crippen LogP contribution in [0.4, 0.5) is 0 Å². The lowest BCUT2D eigenvalue weighted by atomic mass is 10.1. The van der Waals surface area contributed by atoms with Gasteiger partial charge in [0, 0.05) is 10.7 Å². The molecule has 0 saturated heterocycles. The third kappa shape index (κ3) is 2.49. The maximum atomic E-state index is 12.3. The van der Waals surface area contributed by atoms with Crippen LogP contribution in [0.25, 0.3) is 10.9 Å². The molecule has 0 aliphatic heterocycles. The molecule has 0 radical (unpaired) electrons. The Morgan fingerprint density at radius 3 is 2.79 bits per heavy atom. The molecular weight excluding hydrogens is 314 g/mol. The maximum Gasteiger partial charge on any atom is 0.343 e. The van der Waals surface area contributed by atoms with Gasteiger partial charge in [0.1, 0.15) is 11.3 Å². The van der Waals surface area contributed by atoms with Crippen molar-refractivity contribution >= 4 is 32.8 Å². The van der Waals surface area contributed by atoms with E-state index in [9.17, 15) is 9.59 Å². The quantitative estimate of drug-likeness (QED) is 0.880. The first-order valence-electron chi connectivity index (χ1n) is 5.64. The summed E-state index contributed by atoms with van der Waals surface area (Å²) in [7, 11) is 1.51. The molecule has 1 N–H and O–H groups in total. The summed E-state index contributed by atoms with van der Waals surface area (Å²) in [6, 6.07) is 3.32. The molecule has 0 amide bonds. The molecule has 2 rings (SSSR count). The van der Waals surface area contributed by atoms with Gasteiger partial charge >= 0.3 is 5.97 Å². The summed E-state index contributed by atoms with van der Waals surface area (Å²) in [5.41, 5.74) is 0.208. The lowest BCUT2D eigenvalue weighted by Crippen LogP contribution is -2.18. The average Bonchev–Trinajstić information content (AvgIpc) is 2.39. The van der Waals surface area contributed by atoms with Crippen molar-refractivity contribution in [2.24, 2.45) is 0 Å². The molecular formula is C13H12BrNO4. The second kappa shape index (κ2) is 5.44. The number of halogens is 1. The number of rotatable bonds is 3. The number of hydrogen-bond donors (Lipinski definition) is 1. The van der Waals surface area contributed by atoms with Gasteiger partial charge in [-0.05, 0) is 35.0 Å². The number of carbonyl (C=O) groups is 1. The summed E-state index contributed by atoms with van der Waals surface area (Å²) in [6.45, 7) is 1.91. The molecule has 1 aromatic carbocycles. The van der Waals surface area contributed by atoms with Crippen molar-refractivity contribution in [1.82, 2.24) is 4.98 Å². The number of H-pyrrole nitrogens is 1. The van der Waals surface area contributed by atoms with Crippen molar-refractivity contribution < 1.29 is 14.3 Å². The van der Waals surface area contributed by atoms with E-state index in [1.807, 2.05) is 0 Å². The summed E-state index contributed by atoms with van der Waals surface area (Å²) in [5, 5.41) is 0.372. The molecule has 5 nitrogen and oxygen atoms in total. The lowest BCUT2D eigenvalue weighted by molar-refractivity contribution is 0.0524. The summed E-state index contributed by atoms with van der Waals surface area (Å²) in [4.78, 5) is 26.8. The van der Waals surface area contributed by atoms with Crippen molar-refractivity contribution in [3.05, 3.63) is 38.6 Å². The second-order valence-corrected chi connectivity index (χ2v) is 4.64. The smallest absolute Gasteiger partial charge is 0.343 e. The third-order valence-corrected chi connectivity index (χ3v) is 3.27. The van der Waals surface area contributed by atoms with E-state index in [2.05, 4.69) is 20.9 Å². The predicted octanol–water partition coefficient (Wildman–Crippen LogP) is 2.48. The van der Waals surface area contributed by atoms with Gasteiger partial charge in [0.15, 0.2) is 0 Å². The van der Waals surface area contributed by atoms with Crippen molar-refractivity contribution in [2.75, 3.05) is 13.7 Å². The van der Waals surface area contributed by atoms with Crippen molar-refractivity contribution in [3.63, 3.8) is 0 Å². The van der Waals surface area contributed by atoms with Crippen molar-refractivity contribution in [2.45, 2.75) is 6.92 Å². The van der Waals surface area contributed by atoms with Crippen LogP contribution in [-0.2, 0) is 4.74 Å². The zero-order valence-electron chi connectivity index (χ0n) is 10.5. The maximum absolute atomic E-state index is 12.3. The molecule has 19 heavy (non-hydrogen) atoms. The lowest BCUT2D eigenvalue weighted by Gasteiger charge is -2.07. The monoisotopic (exact) mass is 325 g/mol. The molecule has 0 fully saturated rings. The first-order valence-corrected chi connectivity index (χ1v) is 6.43. The molecule has 2 aromatic rings. The van der Waals surface area contributed by atoms with Crippen molar-refractivity contribution in [3.8, 4) is 5.75 Å². The molecule has 0 bridgehead atoms. The summed E-state index contributed by atoms with van der Waals surface area (Å²) >= 11 is 3.35. The Hall–Kier alpha value is -1.82. The normalized spacial score (nSPS) is 10.5. The fourth-order valence-corrected chi connectivity index (χ4v) is 2.29. The van der Waals surface area contributed by atoms with Gasteiger partial charge in [-0.3, -0.25) is 4.79 Å². The largest absolute Gasteiger partial charge is 0.497 e. The van der Waals surface area contributed by atoms with E-state index in [1.54, 1.807) is 19.1 Å². The number of nitrogens with one attached hydrogen (secondary N) is 1. The summed E-state index contributed by atoms with van der Waals surface area (Å²) in [5.74, 6) is -0.101. The zero-order valence-corrected chi connectivity index (χ0v) is 12.0. The number of ether oxygens (including phenoxy) is 2. The first kappa shape index (κ1) is 13.6. The molecule has 0 spiro atoms. The Labute approximate surface area is 117 Å². The van der Waals surface area contributed by atoms with E-state index < -0.39 is 5.97 Å². The van der Waals surface area contributed by atoms with Crippen LogP contribution < -0.4 is 10.2 Å². The molecule has 0 unspecified atom stereocenters. The van der Waals surface area contributed by atoms with Gasteiger partial charge in [-0.2, -0.15) is 0 Å². The van der Waals surface area contributed by atoms with E-state index in [1.165, 1.54) is 13.3 Å². The van der Waals surface area contributed by atoms with Crippen LogP contribution in [-0.4, -0.2) is 24.7 Å². The Balaban J connectivity index is 2.70. The number of methoxy groups -OCH3 is 1. The highest BCUT2D eigenvalue weighted by atomic mass is 79.9. The number of aromatic nitrogens is 1. The van der Waals surface area contributed by atoms with Crippen LogP contribution in [0.3, 0.4) is 0 Å². The Bertz CT molecular complexity index is 693. The van der Waals surface area contributed by atoms with Crippen molar-refractivity contribution in [1.29, 1.82) is 0 Å². The minimum atomic E-state index is -0.635. The first-order chi connectivity index (χ1) is 9.08. The van der Waals surface area contributed by atoms with Gasteiger partial charge in [-0.15, -0.1) is 0 Å². The fourth-order valence-electron chi connectivity index (χ4n) is 1.74. The number of pyridine rings is 1. The van der Waals surface area contributed by atoms with E-state index in [4.69, 9.17) is 9.47 Å². The Morgan fingerprint density at radius 2 is 2.16 bits per heavy atom. The highest BCUT2D eigenvalue weighted by Gasteiger charge is 2.15. The zero-order chi connectivity index (χ0) is 14.0. The van der Waals surface area contributed by atoms with E-state index in [0.717, 1.165) is 0 Å². The standard InChI is InChI=1S/C13H12BrNO4/c1-3-19-13(17)9-6-15-11-8(12(9)16)4-7(18-2)5-10(11)14/h4-6H,3H2,1-2H3,(H,15,16). The summed E-state index contributed by atoms with van der Waals surface area (Å²) in [6.07, 6.45) is 1.36. The Kier molecular flexibility index (Phi) is 3.90. The van der Waals surface area contributed by atoms with Crippen LogP contribution in [0, 0.1) is 0 Å². The molecule has 0 atom stereocenters. The predicted molar refractivity (Wildman–Crippen MR) is 74.8 cm³/mol. The molecule has 100 valence electrons. The number of hydrogen-bond acceptors (Lipinski definition) is 4. The number of aromatic amines is 1. The van der Waals surface area contributed by atoms with Gasteiger partial charge in [-0.25, -0.2) is 4.79 Å². The van der Waals surface area contributed by atoms with Gasteiger partial charge < -0.3 is 14.5 Å². The SMILES string of the molecule is CCOC(=O)c1c[nH]c2c(Br)cc(OC)cc2c1=O. The minimum Gasteiger partial charge on any atom is -0.497 e. The van der Waals surface area contributed by atoms with E-state index in [-0.39, 0.29) is 17.6 Å². The van der Waals surface area contributed by atoms with Crippen LogP contribution in [0.1, 0.15) is 17.3 Å². The highest BCUT2D eigenvalue weighted by molar-refractivity contribution is 9.10. The molecule has 0 aliphatic rings. The Morgan fingerprint density at radius 1 is 1.42 bits per heavy atom. The molecule has 6 heteroatoms. The molecule has 1 heterocycles. The number of fused-ring (bicyclic) bond motifs is 1. The van der Waals surface area contributed by atoms with Crippen LogP contribution in [0.2, 0.25) is 0 Å². The number of benzene rings is 1. The number of carbonyl (C=O) groups excluding carboxylic acids is 1. The van der Waals surface area contributed by atoms with E-state index >= 15 is 0 Å². The van der Waals surface area contributed by atoms with E-state index in [0.29, 0.717) is 21.1 Å². The average molecular weight is 326 g/mol. The molecule has 0 aliphatic carbocycles. The van der Waals surface area contributed by atoms with Gasteiger partial charge in [-0.1, -0.05) is 0 Å². The van der Waals surface area contributed by atoms with Crippen LogP contribution >= 0.6 is 15.9 Å². The van der Waals surface area contributed by atoms with Crippen LogP contribution in [0.5, 0.6) is 5.75 Å². The molecule has 0 saturated carbocycles. The van der Waals surface area contributed by atoms with Gasteiger partial charge in [0.2, 0.25) is 5.43 Å². The van der Waals surface area contributed by atoms with Gasteiger partial charge in [0.25, 0.3) is 0 Å². The highest BCUT2D eigenvalue weighted by Crippen LogP contribution is 2.26. The number of esters is 1. The molecule has 1 aromatic heterocycles.